The summed E-state index contributed by atoms with van der Waals surface area (Å²) in [4.78, 5) is 0. The van der Waals surface area contributed by atoms with E-state index in [1.165, 1.54) is 16.7 Å². The molecule has 19 heavy (non-hydrogen) atoms. The Bertz CT molecular complexity index is 518. The third kappa shape index (κ3) is 3.67. The highest BCUT2D eigenvalue weighted by atomic mass is 15.1. The van der Waals surface area contributed by atoms with E-state index in [1.807, 2.05) is 6.20 Å². The predicted molar refractivity (Wildman–Crippen MR) is 80.0 cm³/mol. The van der Waals surface area contributed by atoms with Gasteiger partial charge in [-0.2, -0.15) is 5.10 Å². The Kier molecular flexibility index (Phi) is 4.05. The van der Waals surface area contributed by atoms with Crippen LogP contribution in [0.25, 0.3) is 11.3 Å². The van der Waals surface area contributed by atoms with E-state index < -0.39 is 0 Å². The summed E-state index contributed by atoms with van der Waals surface area (Å²) in [6.45, 7) is 9.50. The summed E-state index contributed by atoms with van der Waals surface area (Å²) in [7, 11) is 0. The van der Waals surface area contributed by atoms with Gasteiger partial charge in [-0.1, -0.05) is 31.2 Å². The van der Waals surface area contributed by atoms with Crippen molar-refractivity contribution >= 4 is 0 Å². The lowest BCUT2D eigenvalue weighted by atomic mass is 10.0. The van der Waals surface area contributed by atoms with Crippen molar-refractivity contribution < 1.29 is 0 Å². The molecule has 2 aromatic rings. The molecule has 0 aliphatic carbocycles. The van der Waals surface area contributed by atoms with E-state index in [9.17, 15) is 0 Å². The second-order valence-electron chi connectivity index (χ2n) is 5.92. The molecule has 0 radical (unpaired) electrons. The van der Waals surface area contributed by atoms with E-state index in [-0.39, 0.29) is 5.54 Å². The lowest BCUT2D eigenvalue weighted by Gasteiger charge is -2.20. The SMILES string of the molecule is CCc1ccc(-c2[nH]ncc2CNC(C)(C)C)cc1. The number of rotatable bonds is 4. The normalized spacial score (nSPS) is 11.8. The van der Waals surface area contributed by atoms with E-state index >= 15 is 0 Å². The first-order valence-electron chi connectivity index (χ1n) is 6.86. The number of aromatic nitrogens is 2. The summed E-state index contributed by atoms with van der Waals surface area (Å²) < 4.78 is 0. The van der Waals surface area contributed by atoms with Crippen LogP contribution in [0.3, 0.4) is 0 Å². The Balaban J connectivity index is 2.18. The molecule has 0 fully saturated rings. The standard InChI is InChI=1S/C16H23N3/c1-5-12-6-8-13(9-7-12)15-14(11-18-19-15)10-17-16(2,3)4/h6-9,11,17H,5,10H2,1-4H3,(H,18,19). The molecule has 0 aliphatic heterocycles. The van der Waals surface area contributed by atoms with Gasteiger partial charge in [-0.15, -0.1) is 0 Å². The average Bonchev–Trinajstić information content (AvgIpc) is 2.84. The van der Waals surface area contributed by atoms with Gasteiger partial charge in [0.05, 0.1) is 11.9 Å². The molecule has 1 aromatic heterocycles. The molecule has 0 aliphatic rings. The highest BCUT2D eigenvalue weighted by Crippen LogP contribution is 2.22. The van der Waals surface area contributed by atoms with Crippen LogP contribution in [0.4, 0.5) is 0 Å². The first kappa shape index (κ1) is 13.8. The van der Waals surface area contributed by atoms with E-state index in [4.69, 9.17) is 0 Å². The summed E-state index contributed by atoms with van der Waals surface area (Å²) in [6, 6.07) is 8.67. The van der Waals surface area contributed by atoms with Crippen molar-refractivity contribution in [1.29, 1.82) is 0 Å². The monoisotopic (exact) mass is 257 g/mol. The maximum atomic E-state index is 4.18. The van der Waals surface area contributed by atoms with E-state index in [2.05, 4.69) is 67.5 Å². The van der Waals surface area contributed by atoms with Crippen LogP contribution in [0.1, 0.15) is 38.8 Å². The van der Waals surface area contributed by atoms with E-state index in [0.29, 0.717) is 0 Å². The Labute approximate surface area is 115 Å². The first-order chi connectivity index (χ1) is 8.99. The first-order valence-corrected chi connectivity index (χ1v) is 6.86. The number of aromatic amines is 1. The third-order valence-electron chi connectivity index (χ3n) is 3.18. The summed E-state index contributed by atoms with van der Waals surface area (Å²) in [5.41, 5.74) is 4.98. The lowest BCUT2D eigenvalue weighted by molar-refractivity contribution is 0.424. The maximum Gasteiger partial charge on any atom is 0.0695 e. The molecule has 1 aromatic carbocycles. The number of hydrogen-bond acceptors (Lipinski definition) is 2. The van der Waals surface area contributed by atoms with Crippen LogP contribution < -0.4 is 5.32 Å². The molecule has 2 N–H and O–H groups in total. The molecule has 102 valence electrons. The van der Waals surface area contributed by atoms with Gasteiger partial charge in [0.1, 0.15) is 0 Å². The van der Waals surface area contributed by atoms with Crippen LogP contribution in [0.2, 0.25) is 0 Å². The van der Waals surface area contributed by atoms with E-state index in [1.54, 1.807) is 0 Å². The molecule has 3 nitrogen and oxygen atoms in total. The highest BCUT2D eigenvalue weighted by Gasteiger charge is 2.12. The fourth-order valence-corrected chi connectivity index (χ4v) is 1.96. The molecule has 0 saturated heterocycles. The van der Waals surface area contributed by atoms with Gasteiger partial charge in [0.25, 0.3) is 0 Å². The van der Waals surface area contributed by atoms with Gasteiger partial charge in [0.2, 0.25) is 0 Å². The molecular weight excluding hydrogens is 234 g/mol. The lowest BCUT2D eigenvalue weighted by Crippen LogP contribution is -2.35. The molecule has 2 rings (SSSR count). The summed E-state index contributed by atoms with van der Waals surface area (Å²) >= 11 is 0. The van der Waals surface area contributed by atoms with Crippen molar-refractivity contribution in [2.45, 2.75) is 46.2 Å². The number of nitrogens with zero attached hydrogens (tertiary/aromatic N) is 1. The smallest absolute Gasteiger partial charge is 0.0695 e. The second kappa shape index (κ2) is 5.57. The minimum Gasteiger partial charge on any atom is -0.308 e. The minimum atomic E-state index is 0.112. The fourth-order valence-electron chi connectivity index (χ4n) is 1.96. The Hall–Kier alpha value is -1.61. The Morgan fingerprint density at radius 2 is 1.84 bits per heavy atom. The third-order valence-corrected chi connectivity index (χ3v) is 3.18. The van der Waals surface area contributed by atoms with Gasteiger partial charge < -0.3 is 5.32 Å². The zero-order chi connectivity index (χ0) is 13.9. The number of nitrogens with one attached hydrogen (secondary N) is 2. The zero-order valence-corrected chi connectivity index (χ0v) is 12.2. The van der Waals surface area contributed by atoms with Crippen LogP contribution >= 0.6 is 0 Å². The molecule has 0 spiro atoms. The summed E-state index contributed by atoms with van der Waals surface area (Å²) in [5.74, 6) is 0. The minimum absolute atomic E-state index is 0.112. The van der Waals surface area contributed by atoms with Crippen LogP contribution in [0.15, 0.2) is 30.5 Å². The molecular formula is C16H23N3. The van der Waals surface area contributed by atoms with Crippen LogP contribution in [-0.4, -0.2) is 15.7 Å². The van der Waals surface area contributed by atoms with Crippen molar-refractivity contribution in [3.63, 3.8) is 0 Å². The zero-order valence-electron chi connectivity index (χ0n) is 12.2. The molecule has 0 atom stereocenters. The van der Waals surface area contributed by atoms with Crippen LogP contribution in [-0.2, 0) is 13.0 Å². The van der Waals surface area contributed by atoms with Crippen LogP contribution in [0, 0.1) is 0 Å². The Morgan fingerprint density at radius 3 is 2.42 bits per heavy atom. The van der Waals surface area contributed by atoms with Gasteiger partial charge in [0.15, 0.2) is 0 Å². The number of benzene rings is 1. The predicted octanol–water partition coefficient (Wildman–Crippen LogP) is 3.53. The van der Waals surface area contributed by atoms with Gasteiger partial charge in [-0.3, -0.25) is 5.10 Å². The van der Waals surface area contributed by atoms with Crippen molar-refractivity contribution in [2.24, 2.45) is 0 Å². The fraction of sp³-hybridized carbons (Fsp3) is 0.438. The highest BCUT2D eigenvalue weighted by molar-refractivity contribution is 5.62. The topological polar surface area (TPSA) is 40.7 Å². The van der Waals surface area contributed by atoms with Gasteiger partial charge in [-0.05, 0) is 38.3 Å². The Morgan fingerprint density at radius 1 is 1.16 bits per heavy atom. The van der Waals surface area contributed by atoms with Gasteiger partial charge in [0, 0.05) is 17.6 Å². The molecule has 1 heterocycles. The molecule has 0 bridgehead atoms. The maximum absolute atomic E-state index is 4.18. The number of H-pyrrole nitrogens is 1. The molecule has 0 amide bonds. The van der Waals surface area contributed by atoms with E-state index in [0.717, 1.165) is 18.7 Å². The molecule has 3 heteroatoms. The van der Waals surface area contributed by atoms with Gasteiger partial charge >= 0.3 is 0 Å². The summed E-state index contributed by atoms with van der Waals surface area (Å²) in [6.07, 6.45) is 2.98. The van der Waals surface area contributed by atoms with Crippen molar-refractivity contribution in [3.05, 3.63) is 41.6 Å². The molecule has 0 saturated carbocycles. The van der Waals surface area contributed by atoms with Crippen molar-refractivity contribution in [3.8, 4) is 11.3 Å². The largest absolute Gasteiger partial charge is 0.308 e. The molecule has 0 unspecified atom stereocenters. The quantitative estimate of drug-likeness (QED) is 0.879. The summed E-state index contributed by atoms with van der Waals surface area (Å²) in [5, 5.41) is 10.8. The average molecular weight is 257 g/mol. The number of hydrogen-bond donors (Lipinski definition) is 2. The van der Waals surface area contributed by atoms with Crippen molar-refractivity contribution in [2.75, 3.05) is 0 Å². The van der Waals surface area contributed by atoms with Crippen molar-refractivity contribution in [1.82, 2.24) is 15.5 Å². The number of aryl methyl sites for hydroxylation is 1. The second-order valence-corrected chi connectivity index (χ2v) is 5.92. The van der Waals surface area contributed by atoms with Crippen LogP contribution in [0.5, 0.6) is 0 Å². The van der Waals surface area contributed by atoms with Gasteiger partial charge in [-0.25, -0.2) is 0 Å².